The predicted molar refractivity (Wildman–Crippen MR) is 41.7 cm³/mol. The Labute approximate surface area is 65.5 Å². The number of fused-ring (bicyclic) bond motifs is 1. The average Bonchev–Trinajstić information content (AvgIpc) is 2.47. The van der Waals surface area contributed by atoms with E-state index in [0.717, 1.165) is 18.4 Å². The molecule has 1 heterocycles. The minimum Gasteiger partial charge on any atom is -0.472 e. The van der Waals surface area contributed by atoms with E-state index in [0.29, 0.717) is 0 Å². The maximum atomic E-state index is 8.95. The summed E-state index contributed by atoms with van der Waals surface area (Å²) in [5, 5.41) is 8.95. The third kappa shape index (κ3) is 0.994. The van der Waals surface area contributed by atoms with Crippen molar-refractivity contribution in [2.24, 2.45) is 0 Å². The smallest absolute Gasteiger partial charge is 0.0939 e. The monoisotopic (exact) mass is 150 g/mol. The second kappa shape index (κ2) is 2.55. The molecule has 2 nitrogen and oxygen atoms in total. The first-order chi connectivity index (χ1) is 5.42. The zero-order valence-electron chi connectivity index (χ0n) is 6.21. The molecule has 2 heteroatoms. The fourth-order valence-electron chi connectivity index (χ4n) is 1.52. The van der Waals surface area contributed by atoms with E-state index in [4.69, 9.17) is 9.84 Å². The first-order valence-corrected chi connectivity index (χ1v) is 3.76. The summed E-state index contributed by atoms with van der Waals surface area (Å²) < 4.78 is 5.02. The second-order valence-corrected chi connectivity index (χ2v) is 2.76. The number of aliphatic hydroxyl groups is 1. The van der Waals surface area contributed by atoms with Crippen LogP contribution in [0.2, 0.25) is 0 Å². The summed E-state index contributed by atoms with van der Waals surface area (Å²) >= 11 is 0. The molecule has 0 aromatic carbocycles. The van der Waals surface area contributed by atoms with Crippen molar-refractivity contribution in [3.8, 4) is 0 Å². The largest absolute Gasteiger partial charge is 0.472 e. The molecule has 0 atom stereocenters. The number of hydrogen-bond acceptors (Lipinski definition) is 2. The summed E-state index contributed by atoms with van der Waals surface area (Å²) in [6, 6.07) is 0. The van der Waals surface area contributed by atoms with Crippen LogP contribution < -0.4 is 0 Å². The lowest BCUT2D eigenvalue weighted by Gasteiger charge is -2.05. The topological polar surface area (TPSA) is 29.5 Å². The van der Waals surface area contributed by atoms with E-state index >= 15 is 0 Å². The van der Waals surface area contributed by atoms with Crippen molar-refractivity contribution in [1.82, 2.24) is 0 Å². The van der Waals surface area contributed by atoms with Crippen LogP contribution in [0, 0.1) is 0 Å². The minimum absolute atomic E-state index is 0.178. The van der Waals surface area contributed by atoms with Gasteiger partial charge in [0, 0.05) is 0 Å². The zero-order valence-corrected chi connectivity index (χ0v) is 6.21. The Kier molecular flexibility index (Phi) is 1.55. The molecule has 58 valence electrons. The average molecular weight is 150 g/mol. The fraction of sp³-hybridized carbons (Fsp3) is 0.333. The molecular weight excluding hydrogens is 140 g/mol. The van der Waals surface area contributed by atoms with E-state index in [1.165, 1.54) is 11.1 Å². The third-order valence-corrected chi connectivity index (χ3v) is 2.14. The Morgan fingerprint density at radius 1 is 1.45 bits per heavy atom. The molecule has 0 saturated heterocycles. The Balaban J connectivity index is 2.37. The van der Waals surface area contributed by atoms with Crippen molar-refractivity contribution in [3.63, 3.8) is 0 Å². The first kappa shape index (κ1) is 6.68. The highest BCUT2D eigenvalue weighted by Gasteiger charge is 2.18. The van der Waals surface area contributed by atoms with Gasteiger partial charge in [-0.2, -0.15) is 0 Å². The predicted octanol–water partition coefficient (Wildman–Crippen LogP) is 1.50. The normalized spacial score (nSPS) is 21.4. The molecule has 1 N–H and O–H groups in total. The third-order valence-electron chi connectivity index (χ3n) is 2.14. The van der Waals surface area contributed by atoms with Crippen molar-refractivity contribution >= 4 is 0 Å². The molecule has 2 rings (SSSR count). The molecule has 0 radical (unpaired) electrons. The molecule has 0 unspecified atom stereocenters. The van der Waals surface area contributed by atoms with E-state index in [9.17, 15) is 0 Å². The molecule has 0 spiro atoms. The Morgan fingerprint density at radius 3 is 3.18 bits per heavy atom. The van der Waals surface area contributed by atoms with Gasteiger partial charge < -0.3 is 9.84 Å². The maximum absolute atomic E-state index is 8.95. The second-order valence-electron chi connectivity index (χ2n) is 2.76. The molecule has 0 fully saturated rings. The van der Waals surface area contributed by atoms with Gasteiger partial charge in [0.1, 0.15) is 0 Å². The van der Waals surface area contributed by atoms with Gasteiger partial charge in [-0.25, -0.2) is 0 Å². The summed E-state index contributed by atoms with van der Waals surface area (Å²) in [5.74, 6) is 0. The minimum atomic E-state index is 0.178. The summed E-state index contributed by atoms with van der Waals surface area (Å²) in [5.41, 5.74) is 3.53. The van der Waals surface area contributed by atoms with Crippen LogP contribution in [0.4, 0.5) is 0 Å². The van der Waals surface area contributed by atoms with E-state index in [-0.39, 0.29) is 6.61 Å². The Hall–Kier alpha value is -1.02. The number of aliphatic hydroxyl groups excluding tert-OH is 1. The van der Waals surface area contributed by atoms with Crippen molar-refractivity contribution in [2.75, 3.05) is 6.61 Å². The molecule has 0 amide bonds. The van der Waals surface area contributed by atoms with Crippen molar-refractivity contribution in [3.05, 3.63) is 35.3 Å². The summed E-state index contributed by atoms with van der Waals surface area (Å²) in [6.07, 6.45) is 7.33. The van der Waals surface area contributed by atoms with Crippen LogP contribution in [0.15, 0.2) is 35.3 Å². The molecule has 2 aliphatic rings. The van der Waals surface area contributed by atoms with Crippen LogP contribution in [0.5, 0.6) is 0 Å². The highest BCUT2D eigenvalue weighted by atomic mass is 16.5. The number of ether oxygens (including phenoxy) is 1. The fourth-order valence-corrected chi connectivity index (χ4v) is 1.52. The van der Waals surface area contributed by atoms with E-state index in [1.54, 1.807) is 12.5 Å². The van der Waals surface area contributed by atoms with Crippen molar-refractivity contribution in [2.45, 2.75) is 12.8 Å². The van der Waals surface area contributed by atoms with Crippen LogP contribution in [-0.4, -0.2) is 11.7 Å². The van der Waals surface area contributed by atoms with Crippen LogP contribution in [-0.2, 0) is 4.74 Å². The highest BCUT2D eigenvalue weighted by molar-refractivity contribution is 5.48. The number of rotatable bonds is 1. The van der Waals surface area contributed by atoms with Gasteiger partial charge in [-0.1, -0.05) is 0 Å². The van der Waals surface area contributed by atoms with E-state index < -0.39 is 0 Å². The van der Waals surface area contributed by atoms with Gasteiger partial charge in [-0.3, -0.25) is 0 Å². The van der Waals surface area contributed by atoms with Gasteiger partial charge in [0.25, 0.3) is 0 Å². The lowest BCUT2D eigenvalue weighted by atomic mass is 10.1. The molecular formula is C9H10O2. The zero-order chi connectivity index (χ0) is 7.68. The molecule has 0 saturated carbocycles. The number of hydrogen-bond donors (Lipinski definition) is 1. The quantitative estimate of drug-likeness (QED) is 0.613. The van der Waals surface area contributed by atoms with Crippen molar-refractivity contribution in [1.29, 1.82) is 0 Å². The van der Waals surface area contributed by atoms with Crippen LogP contribution in [0.25, 0.3) is 0 Å². The van der Waals surface area contributed by atoms with Gasteiger partial charge in [0.15, 0.2) is 0 Å². The Morgan fingerprint density at radius 2 is 2.36 bits per heavy atom. The standard InChI is InChI=1S/C9H10O2/c10-5-7-1-2-8-6-11-4-3-9(7)8/h3-4,6,10H,1-2,5H2. The lowest BCUT2D eigenvalue weighted by molar-refractivity contribution is 0.327. The maximum Gasteiger partial charge on any atom is 0.0939 e. The van der Waals surface area contributed by atoms with Gasteiger partial charge in [0.2, 0.25) is 0 Å². The highest BCUT2D eigenvalue weighted by Crippen LogP contribution is 2.33. The summed E-state index contributed by atoms with van der Waals surface area (Å²) in [7, 11) is 0. The van der Waals surface area contributed by atoms with E-state index in [1.807, 2.05) is 6.08 Å². The molecule has 1 aliphatic heterocycles. The van der Waals surface area contributed by atoms with Gasteiger partial charge >= 0.3 is 0 Å². The van der Waals surface area contributed by atoms with Crippen LogP contribution >= 0.6 is 0 Å². The first-order valence-electron chi connectivity index (χ1n) is 3.76. The lowest BCUT2D eigenvalue weighted by Crippen LogP contribution is -1.91. The molecule has 0 aromatic rings. The van der Waals surface area contributed by atoms with Crippen molar-refractivity contribution < 1.29 is 9.84 Å². The van der Waals surface area contributed by atoms with Gasteiger partial charge in [-0.05, 0) is 35.6 Å². The van der Waals surface area contributed by atoms with Crippen LogP contribution in [0.3, 0.4) is 0 Å². The van der Waals surface area contributed by atoms with E-state index in [2.05, 4.69) is 0 Å². The van der Waals surface area contributed by atoms with Gasteiger partial charge in [-0.15, -0.1) is 0 Å². The van der Waals surface area contributed by atoms with Gasteiger partial charge in [0.05, 0.1) is 19.1 Å². The SMILES string of the molecule is OCC1=C2C=COC=C2CC1. The number of allylic oxidation sites excluding steroid dienone is 3. The molecule has 0 bridgehead atoms. The Bertz CT molecular complexity index is 259. The van der Waals surface area contributed by atoms with Crippen LogP contribution in [0.1, 0.15) is 12.8 Å². The summed E-state index contributed by atoms with van der Waals surface area (Å²) in [6.45, 7) is 0.178. The molecule has 1 aliphatic carbocycles. The summed E-state index contributed by atoms with van der Waals surface area (Å²) in [4.78, 5) is 0. The molecule has 0 aromatic heterocycles. The molecule has 11 heavy (non-hydrogen) atoms.